The van der Waals surface area contributed by atoms with E-state index < -0.39 is 0 Å². The lowest BCUT2D eigenvalue weighted by Crippen LogP contribution is -2.15. The zero-order valence-electron chi connectivity index (χ0n) is 14.2. The Morgan fingerprint density at radius 2 is 1.85 bits per heavy atom. The molecule has 128 valence electrons. The molecule has 0 saturated carbocycles. The van der Waals surface area contributed by atoms with E-state index in [4.69, 9.17) is 5.26 Å². The van der Waals surface area contributed by atoms with Crippen LogP contribution in [-0.2, 0) is 0 Å². The van der Waals surface area contributed by atoms with Crippen molar-refractivity contribution in [3.05, 3.63) is 83.6 Å². The van der Waals surface area contributed by atoms with Gasteiger partial charge < -0.3 is 10.6 Å². The molecule has 1 aromatic heterocycles. The van der Waals surface area contributed by atoms with E-state index in [1.54, 1.807) is 30.3 Å². The lowest BCUT2D eigenvalue weighted by Gasteiger charge is -2.14. The SMILES string of the molecule is CC(Nc1ccc(C(=O)Nc2ccccc2)nn1)c1cccc(C#N)c1. The molecule has 0 radical (unpaired) electrons. The summed E-state index contributed by atoms with van der Waals surface area (Å²) in [5.74, 6) is 0.237. The van der Waals surface area contributed by atoms with Gasteiger partial charge in [0.15, 0.2) is 5.69 Å². The molecule has 2 aromatic carbocycles. The molecule has 2 N–H and O–H groups in total. The highest BCUT2D eigenvalue weighted by atomic mass is 16.1. The highest BCUT2D eigenvalue weighted by Gasteiger charge is 2.11. The van der Waals surface area contributed by atoms with Gasteiger partial charge in [0, 0.05) is 5.69 Å². The number of nitrogens with zero attached hydrogens (tertiary/aromatic N) is 3. The maximum absolute atomic E-state index is 12.2. The van der Waals surface area contributed by atoms with Crippen molar-refractivity contribution in [1.82, 2.24) is 10.2 Å². The Labute approximate surface area is 151 Å². The van der Waals surface area contributed by atoms with Crippen molar-refractivity contribution in [3.63, 3.8) is 0 Å². The molecule has 0 aliphatic carbocycles. The van der Waals surface area contributed by atoms with Gasteiger partial charge in [-0.3, -0.25) is 4.79 Å². The number of para-hydroxylation sites is 1. The smallest absolute Gasteiger partial charge is 0.276 e. The number of anilines is 2. The van der Waals surface area contributed by atoms with Gasteiger partial charge in [-0.05, 0) is 48.9 Å². The normalized spacial score (nSPS) is 11.2. The summed E-state index contributed by atoms with van der Waals surface area (Å²) in [6, 6.07) is 21.9. The predicted molar refractivity (Wildman–Crippen MR) is 99.6 cm³/mol. The zero-order chi connectivity index (χ0) is 18.4. The molecular formula is C20H17N5O. The summed E-state index contributed by atoms with van der Waals surface area (Å²) < 4.78 is 0. The van der Waals surface area contributed by atoms with E-state index in [0.717, 1.165) is 5.56 Å². The molecule has 0 aliphatic heterocycles. The van der Waals surface area contributed by atoms with Crippen molar-refractivity contribution in [3.8, 4) is 6.07 Å². The second-order valence-corrected chi connectivity index (χ2v) is 5.73. The van der Waals surface area contributed by atoms with Crippen molar-refractivity contribution in [1.29, 1.82) is 5.26 Å². The van der Waals surface area contributed by atoms with E-state index >= 15 is 0 Å². The van der Waals surface area contributed by atoms with Crippen LogP contribution in [0.2, 0.25) is 0 Å². The Kier molecular flexibility index (Phi) is 5.20. The monoisotopic (exact) mass is 343 g/mol. The molecule has 0 bridgehead atoms. The van der Waals surface area contributed by atoms with Crippen molar-refractivity contribution in [2.24, 2.45) is 0 Å². The molecular weight excluding hydrogens is 326 g/mol. The number of nitrogens with one attached hydrogen (secondary N) is 2. The maximum Gasteiger partial charge on any atom is 0.276 e. The van der Waals surface area contributed by atoms with Gasteiger partial charge in [-0.15, -0.1) is 10.2 Å². The first-order valence-electron chi connectivity index (χ1n) is 8.12. The molecule has 6 nitrogen and oxygen atoms in total. The van der Waals surface area contributed by atoms with Crippen molar-refractivity contribution >= 4 is 17.4 Å². The predicted octanol–water partition coefficient (Wildman–Crippen LogP) is 3.77. The molecule has 3 rings (SSSR count). The minimum Gasteiger partial charge on any atom is -0.362 e. The molecule has 1 heterocycles. The summed E-state index contributed by atoms with van der Waals surface area (Å²) in [4.78, 5) is 12.2. The number of carbonyl (C=O) groups excluding carboxylic acids is 1. The Hall–Kier alpha value is -3.72. The highest BCUT2D eigenvalue weighted by Crippen LogP contribution is 2.18. The Bertz CT molecular complexity index is 932. The summed E-state index contributed by atoms with van der Waals surface area (Å²) in [5.41, 5.74) is 2.51. The van der Waals surface area contributed by atoms with E-state index in [2.05, 4.69) is 26.9 Å². The van der Waals surface area contributed by atoms with E-state index in [0.29, 0.717) is 17.1 Å². The Morgan fingerprint density at radius 3 is 2.54 bits per heavy atom. The number of amides is 1. The fraction of sp³-hybridized carbons (Fsp3) is 0.100. The molecule has 1 amide bonds. The third-order valence-corrected chi connectivity index (χ3v) is 3.81. The fourth-order valence-corrected chi connectivity index (χ4v) is 2.43. The Balaban J connectivity index is 1.65. The number of nitriles is 1. The average molecular weight is 343 g/mol. The average Bonchev–Trinajstić information content (AvgIpc) is 2.69. The van der Waals surface area contributed by atoms with Crippen LogP contribution in [0.3, 0.4) is 0 Å². The first-order chi connectivity index (χ1) is 12.7. The number of benzene rings is 2. The van der Waals surface area contributed by atoms with Crippen LogP contribution < -0.4 is 10.6 Å². The van der Waals surface area contributed by atoms with Gasteiger partial charge in [0.2, 0.25) is 0 Å². The standard InChI is InChI=1S/C20H17N5O/c1-14(16-7-5-6-15(12-16)13-21)22-19-11-10-18(24-25-19)20(26)23-17-8-3-2-4-9-17/h2-12,14H,1H3,(H,22,25)(H,23,26). The second-order valence-electron chi connectivity index (χ2n) is 5.73. The summed E-state index contributed by atoms with van der Waals surface area (Å²) >= 11 is 0. The number of rotatable bonds is 5. The minimum absolute atomic E-state index is 0.0541. The maximum atomic E-state index is 12.2. The molecule has 0 spiro atoms. The van der Waals surface area contributed by atoms with Crippen LogP contribution in [0, 0.1) is 11.3 Å². The van der Waals surface area contributed by atoms with E-state index in [1.807, 2.05) is 43.3 Å². The first kappa shape index (κ1) is 17.1. The van der Waals surface area contributed by atoms with Crippen LogP contribution in [0.15, 0.2) is 66.7 Å². The van der Waals surface area contributed by atoms with Gasteiger partial charge in [-0.2, -0.15) is 5.26 Å². The van der Waals surface area contributed by atoms with E-state index in [1.165, 1.54) is 0 Å². The zero-order valence-corrected chi connectivity index (χ0v) is 14.2. The number of aromatic nitrogens is 2. The molecule has 3 aromatic rings. The molecule has 1 atom stereocenters. The number of carbonyl (C=O) groups is 1. The van der Waals surface area contributed by atoms with Crippen molar-refractivity contribution in [2.75, 3.05) is 10.6 Å². The van der Waals surface area contributed by atoms with Gasteiger partial charge >= 0.3 is 0 Å². The van der Waals surface area contributed by atoms with Crippen LogP contribution >= 0.6 is 0 Å². The molecule has 6 heteroatoms. The lowest BCUT2D eigenvalue weighted by atomic mass is 10.1. The third-order valence-electron chi connectivity index (χ3n) is 3.81. The van der Waals surface area contributed by atoms with Gasteiger partial charge in [-0.25, -0.2) is 0 Å². The third kappa shape index (κ3) is 4.22. The molecule has 0 aliphatic rings. The second kappa shape index (κ2) is 7.90. The molecule has 0 saturated heterocycles. The minimum atomic E-state index is -0.315. The quantitative estimate of drug-likeness (QED) is 0.736. The summed E-state index contributed by atoms with van der Waals surface area (Å²) in [7, 11) is 0. The van der Waals surface area contributed by atoms with Crippen LogP contribution in [-0.4, -0.2) is 16.1 Å². The Morgan fingerprint density at radius 1 is 1.04 bits per heavy atom. The van der Waals surface area contributed by atoms with Gasteiger partial charge in [0.25, 0.3) is 5.91 Å². The number of hydrogen-bond donors (Lipinski definition) is 2. The summed E-state index contributed by atoms with van der Waals surface area (Å²) in [6.45, 7) is 1.97. The van der Waals surface area contributed by atoms with Gasteiger partial charge in [0.1, 0.15) is 5.82 Å². The van der Waals surface area contributed by atoms with Crippen LogP contribution in [0.4, 0.5) is 11.5 Å². The van der Waals surface area contributed by atoms with Gasteiger partial charge in [-0.1, -0.05) is 30.3 Å². The first-order valence-corrected chi connectivity index (χ1v) is 8.12. The van der Waals surface area contributed by atoms with Gasteiger partial charge in [0.05, 0.1) is 17.7 Å². The van der Waals surface area contributed by atoms with Crippen LogP contribution in [0.25, 0.3) is 0 Å². The summed E-state index contributed by atoms with van der Waals surface area (Å²) in [5, 5.41) is 23.0. The lowest BCUT2D eigenvalue weighted by molar-refractivity contribution is 0.102. The van der Waals surface area contributed by atoms with Crippen molar-refractivity contribution < 1.29 is 4.79 Å². The molecule has 0 fully saturated rings. The largest absolute Gasteiger partial charge is 0.362 e. The van der Waals surface area contributed by atoms with Crippen LogP contribution in [0.1, 0.15) is 34.6 Å². The topological polar surface area (TPSA) is 90.7 Å². The number of hydrogen-bond acceptors (Lipinski definition) is 5. The molecule has 1 unspecified atom stereocenters. The summed E-state index contributed by atoms with van der Waals surface area (Å²) in [6.07, 6.45) is 0. The van der Waals surface area contributed by atoms with E-state index in [-0.39, 0.29) is 17.6 Å². The van der Waals surface area contributed by atoms with E-state index in [9.17, 15) is 4.79 Å². The van der Waals surface area contributed by atoms with Crippen LogP contribution in [0.5, 0.6) is 0 Å². The highest BCUT2D eigenvalue weighted by molar-refractivity contribution is 6.02. The fourth-order valence-electron chi connectivity index (χ4n) is 2.43. The molecule has 26 heavy (non-hydrogen) atoms. The van der Waals surface area contributed by atoms with Crippen molar-refractivity contribution in [2.45, 2.75) is 13.0 Å².